The van der Waals surface area contributed by atoms with E-state index in [0.717, 1.165) is 30.8 Å². The van der Waals surface area contributed by atoms with Crippen LogP contribution in [0.1, 0.15) is 11.1 Å². The van der Waals surface area contributed by atoms with Crippen LogP contribution in [-0.2, 0) is 30.8 Å². The van der Waals surface area contributed by atoms with Crippen LogP contribution in [0.15, 0.2) is 42.5 Å². The van der Waals surface area contributed by atoms with Crippen LogP contribution in [0.25, 0.3) is 11.1 Å². The molecular weight excluding hydrogens is 392 g/mol. The summed E-state index contributed by atoms with van der Waals surface area (Å²) in [5.74, 6) is 0. The number of fused-ring (bicyclic) bond motifs is 3. The molecule has 0 aliphatic heterocycles. The third-order valence-corrected chi connectivity index (χ3v) is 4.53. The Morgan fingerprint density at radius 1 is 0.765 bits per heavy atom. The maximum absolute atomic E-state index is 2.26. The van der Waals surface area contributed by atoms with Gasteiger partial charge in [-0.3, -0.25) is 0 Å². The summed E-state index contributed by atoms with van der Waals surface area (Å²) >= 11 is 1.16. The molecule has 0 bridgehead atoms. The molecule has 86 valence electrons. The van der Waals surface area contributed by atoms with Crippen LogP contribution in [0.2, 0.25) is 0 Å². The van der Waals surface area contributed by atoms with Gasteiger partial charge in [-0.25, -0.2) is 0 Å². The zero-order chi connectivity index (χ0) is 9.54. The molecule has 0 saturated carbocycles. The minimum atomic E-state index is 0. The number of halogens is 3. The van der Waals surface area contributed by atoms with Gasteiger partial charge in [-0.15, -0.1) is 0 Å². The van der Waals surface area contributed by atoms with E-state index in [1.807, 2.05) is 0 Å². The standard InChI is InChI=1S/C13H9.3FH.Hf/c1-3-7-12-10(5-1)9-11-6-2-4-8-13(11)12;;;;/h1-5,7-8H,9H2;3*1H;/q;;;;+3/p-3. The Labute approximate surface area is 113 Å². The fraction of sp³-hybridized carbons (Fsp3) is 0.0769. The van der Waals surface area contributed by atoms with E-state index in [9.17, 15) is 0 Å². The number of hydrogen-bond donors (Lipinski definition) is 0. The van der Waals surface area contributed by atoms with Gasteiger partial charge in [0, 0.05) is 0 Å². The zero-order valence-electron chi connectivity index (χ0n) is 8.88. The molecule has 0 nitrogen and oxygen atoms in total. The maximum atomic E-state index is 2.26. The monoisotopic (exact) mass is 402 g/mol. The van der Waals surface area contributed by atoms with Gasteiger partial charge in [-0.2, -0.15) is 0 Å². The molecule has 0 unspecified atom stereocenters. The molecule has 1 aliphatic rings. The third-order valence-electron chi connectivity index (χ3n) is 2.85. The van der Waals surface area contributed by atoms with Crippen LogP contribution in [0, 0.1) is 0 Å². The molecule has 0 heterocycles. The molecule has 4 heteroatoms. The van der Waals surface area contributed by atoms with Gasteiger partial charge in [-0.1, -0.05) is 0 Å². The summed E-state index contributed by atoms with van der Waals surface area (Å²) < 4.78 is 1.55. The van der Waals surface area contributed by atoms with Crippen LogP contribution in [0.3, 0.4) is 0 Å². The Morgan fingerprint density at radius 2 is 1.41 bits per heavy atom. The Kier molecular flexibility index (Phi) is 5.82. The van der Waals surface area contributed by atoms with Gasteiger partial charge in [0.15, 0.2) is 0 Å². The summed E-state index contributed by atoms with van der Waals surface area (Å²) in [4.78, 5) is 0. The summed E-state index contributed by atoms with van der Waals surface area (Å²) in [7, 11) is 0. The molecule has 2 aromatic rings. The van der Waals surface area contributed by atoms with Gasteiger partial charge in [-0.05, 0) is 0 Å². The van der Waals surface area contributed by atoms with Crippen molar-refractivity contribution in [3.05, 3.63) is 53.6 Å². The summed E-state index contributed by atoms with van der Waals surface area (Å²) in [6.07, 6.45) is 1.14. The first-order valence-electron chi connectivity index (χ1n) is 4.78. The molecule has 0 atom stereocenters. The van der Waals surface area contributed by atoms with Crippen LogP contribution in [0.4, 0.5) is 0 Å². The molecule has 1 aliphatic carbocycles. The van der Waals surface area contributed by atoms with Crippen LogP contribution in [-0.4, -0.2) is 0 Å². The van der Waals surface area contributed by atoms with Crippen molar-refractivity contribution in [2.75, 3.05) is 0 Å². The first-order chi connectivity index (χ1) is 6.86. The van der Waals surface area contributed by atoms with Crippen molar-refractivity contribution in [3.8, 4) is 11.1 Å². The summed E-state index contributed by atoms with van der Waals surface area (Å²) in [6.45, 7) is 0. The van der Waals surface area contributed by atoms with E-state index in [0.29, 0.717) is 0 Å². The predicted octanol–water partition coefficient (Wildman–Crippen LogP) is -6.56. The van der Waals surface area contributed by atoms with Crippen molar-refractivity contribution in [1.82, 2.24) is 0 Å². The second kappa shape index (κ2) is 6.15. The first kappa shape index (κ1) is 16.1. The van der Waals surface area contributed by atoms with Gasteiger partial charge in [0.05, 0.1) is 0 Å². The number of benzene rings is 2. The van der Waals surface area contributed by atoms with E-state index in [1.165, 1.54) is 16.7 Å². The number of rotatable bonds is 0. The van der Waals surface area contributed by atoms with Gasteiger partial charge in [0.1, 0.15) is 0 Å². The molecule has 2 aromatic carbocycles. The van der Waals surface area contributed by atoms with Crippen molar-refractivity contribution in [2.24, 2.45) is 0 Å². The van der Waals surface area contributed by atoms with Crippen molar-refractivity contribution in [3.63, 3.8) is 0 Å². The van der Waals surface area contributed by atoms with E-state index in [2.05, 4.69) is 42.5 Å². The normalized spacial score (nSPS) is 10.2. The summed E-state index contributed by atoms with van der Waals surface area (Å²) in [5.41, 5.74) is 5.97. The third kappa shape index (κ3) is 2.51. The molecule has 0 spiro atoms. The van der Waals surface area contributed by atoms with Gasteiger partial charge >= 0.3 is 98.8 Å². The van der Waals surface area contributed by atoms with Gasteiger partial charge < -0.3 is 14.1 Å². The Bertz CT molecular complexity index is 512. The summed E-state index contributed by atoms with van der Waals surface area (Å²) in [5, 5.41) is 0. The topological polar surface area (TPSA) is 0 Å². The second-order valence-corrected chi connectivity index (χ2v) is 5.60. The van der Waals surface area contributed by atoms with Crippen molar-refractivity contribution >= 4 is 3.32 Å². The molecule has 3 rings (SSSR count). The van der Waals surface area contributed by atoms with E-state index in [4.69, 9.17) is 0 Å². The molecule has 0 N–H and O–H groups in total. The van der Waals surface area contributed by atoms with Crippen LogP contribution in [0.5, 0.6) is 0 Å². The van der Waals surface area contributed by atoms with E-state index in [-0.39, 0.29) is 14.1 Å². The number of hydrogen-bond acceptors (Lipinski definition) is 0. The fourth-order valence-electron chi connectivity index (χ4n) is 2.16. The Balaban J connectivity index is 0.000000853. The molecule has 0 amide bonds. The quantitative estimate of drug-likeness (QED) is 0.329. The van der Waals surface area contributed by atoms with Crippen molar-refractivity contribution < 1.29 is 38.5 Å². The average molecular weight is 401 g/mol. The second-order valence-electron chi connectivity index (χ2n) is 3.67. The predicted molar refractivity (Wildman–Crippen MR) is 54.3 cm³/mol. The molecule has 0 saturated heterocycles. The Hall–Kier alpha value is -0.900. The van der Waals surface area contributed by atoms with Crippen molar-refractivity contribution in [1.29, 1.82) is 0 Å². The van der Waals surface area contributed by atoms with Gasteiger partial charge in [0.2, 0.25) is 0 Å². The fourth-order valence-corrected chi connectivity index (χ4v) is 3.30. The molecular formula is C13H9F3Hf. The molecule has 17 heavy (non-hydrogen) atoms. The van der Waals surface area contributed by atoms with E-state index >= 15 is 0 Å². The zero-order valence-corrected chi connectivity index (χ0v) is 12.5. The SMILES string of the molecule is [F-].[F-].[F-].[Hf+3][c]1cccc2c1Cc1ccccc1-2. The van der Waals surface area contributed by atoms with Crippen LogP contribution >= 0.6 is 0 Å². The first-order valence-corrected chi connectivity index (χ1v) is 6.57. The van der Waals surface area contributed by atoms with Crippen molar-refractivity contribution in [2.45, 2.75) is 6.42 Å². The average Bonchev–Trinajstić information content (AvgIpc) is 2.59. The van der Waals surface area contributed by atoms with Gasteiger partial charge in [0.25, 0.3) is 0 Å². The minimum absolute atomic E-state index is 0. The summed E-state index contributed by atoms with van der Waals surface area (Å²) in [6, 6.07) is 15.5. The van der Waals surface area contributed by atoms with E-state index in [1.54, 1.807) is 8.88 Å². The van der Waals surface area contributed by atoms with E-state index < -0.39 is 0 Å². The molecule has 0 radical (unpaired) electrons. The Morgan fingerprint density at radius 3 is 2.18 bits per heavy atom. The molecule has 0 fully saturated rings. The van der Waals surface area contributed by atoms with Crippen LogP contribution < -0.4 is 17.4 Å². The molecule has 0 aromatic heterocycles.